The molecule has 0 radical (unpaired) electrons. The Balaban J connectivity index is 1.69. The number of hydrogen-bond acceptors (Lipinski definition) is 6. The van der Waals surface area contributed by atoms with Gasteiger partial charge in [-0.25, -0.2) is 4.86 Å². The molecule has 1 aliphatic rings. The van der Waals surface area contributed by atoms with Crippen molar-refractivity contribution in [3.8, 4) is 11.5 Å². The SMILES string of the molecule is OCP1N(Oc2ccccc2)PNPN1Oc1ccccc1. The number of aliphatic hydroxyl groups is 1. The monoisotopic (exact) mass is 355 g/mol. The average Bonchev–Trinajstić information content (AvgIpc) is 2.57. The van der Waals surface area contributed by atoms with Crippen LogP contribution in [0.2, 0.25) is 0 Å². The number of hydrogen-bond donors (Lipinski definition) is 2. The number of rotatable bonds is 5. The van der Waals surface area contributed by atoms with Gasteiger partial charge in [0.15, 0.2) is 8.22 Å². The van der Waals surface area contributed by atoms with Crippen LogP contribution in [0.15, 0.2) is 60.7 Å². The van der Waals surface area contributed by atoms with Crippen molar-refractivity contribution in [3.05, 3.63) is 60.7 Å². The Morgan fingerprint density at radius 2 is 1.32 bits per heavy atom. The summed E-state index contributed by atoms with van der Waals surface area (Å²) in [5, 5.41) is 9.75. The summed E-state index contributed by atoms with van der Waals surface area (Å²) in [5.74, 6) is 1.48. The molecule has 0 amide bonds. The minimum absolute atomic E-state index is 0.0311. The minimum Gasteiger partial charge on any atom is -0.396 e. The van der Waals surface area contributed by atoms with Gasteiger partial charge in [0, 0.05) is 0 Å². The second-order valence-corrected chi connectivity index (χ2v) is 8.98. The van der Waals surface area contributed by atoms with Crippen LogP contribution in [-0.4, -0.2) is 20.7 Å². The maximum absolute atomic E-state index is 9.75. The van der Waals surface area contributed by atoms with Crippen LogP contribution in [0.4, 0.5) is 0 Å². The standard InChI is InChI=1S/C13H16N3O3P3/c17-11-22-15(18-12-7-3-1-4-8-12)20-14-21-16(22)19-13-9-5-2-6-10-13/h1-10,14,17,20-21H,11H2. The number of para-hydroxylation sites is 2. The van der Waals surface area contributed by atoms with Crippen LogP contribution < -0.4 is 14.5 Å². The molecule has 2 unspecified atom stereocenters. The fourth-order valence-corrected chi connectivity index (χ4v) is 6.71. The summed E-state index contributed by atoms with van der Waals surface area (Å²) in [4.78, 5) is 15.0. The van der Waals surface area contributed by atoms with Gasteiger partial charge in [0.1, 0.15) is 11.5 Å². The summed E-state index contributed by atoms with van der Waals surface area (Å²) in [6, 6.07) is 19.1. The molecule has 1 saturated heterocycles. The number of nitrogens with one attached hydrogen (secondary N) is 1. The van der Waals surface area contributed by atoms with Crippen LogP contribution in [-0.2, 0) is 0 Å². The Labute approximate surface area is 134 Å². The summed E-state index contributed by atoms with van der Waals surface area (Å²) >= 11 is 0. The van der Waals surface area contributed by atoms with Gasteiger partial charge in [0.05, 0.1) is 24.1 Å². The third-order valence-electron chi connectivity index (χ3n) is 2.72. The molecule has 9 heteroatoms. The number of nitrogens with zero attached hydrogens (tertiary/aromatic N) is 2. The highest BCUT2D eigenvalue weighted by molar-refractivity contribution is 7.72. The summed E-state index contributed by atoms with van der Waals surface area (Å²) in [5.41, 5.74) is 0. The fourth-order valence-electron chi connectivity index (χ4n) is 1.73. The largest absolute Gasteiger partial charge is 0.396 e. The van der Waals surface area contributed by atoms with Crippen molar-refractivity contribution in [2.24, 2.45) is 0 Å². The van der Waals surface area contributed by atoms with Crippen molar-refractivity contribution >= 4 is 26.0 Å². The summed E-state index contributed by atoms with van der Waals surface area (Å²) in [6.45, 7) is 0. The van der Waals surface area contributed by atoms with Gasteiger partial charge >= 0.3 is 0 Å². The van der Waals surface area contributed by atoms with Crippen LogP contribution >= 0.6 is 26.0 Å². The topological polar surface area (TPSA) is 57.2 Å². The van der Waals surface area contributed by atoms with E-state index >= 15 is 0 Å². The number of benzene rings is 2. The lowest BCUT2D eigenvalue weighted by molar-refractivity contribution is 0.0854. The first-order chi connectivity index (χ1) is 10.9. The molecule has 22 heavy (non-hydrogen) atoms. The Kier molecular flexibility index (Phi) is 5.94. The molecule has 1 heterocycles. The van der Waals surface area contributed by atoms with E-state index in [9.17, 15) is 5.11 Å². The zero-order valence-corrected chi connectivity index (χ0v) is 14.5. The first-order valence-corrected chi connectivity index (χ1v) is 9.90. The Morgan fingerprint density at radius 3 is 1.73 bits per heavy atom. The molecular weight excluding hydrogens is 339 g/mol. The van der Waals surface area contributed by atoms with E-state index in [1.165, 1.54) is 0 Å². The van der Waals surface area contributed by atoms with Crippen LogP contribution in [0.5, 0.6) is 11.5 Å². The normalized spacial score (nSPS) is 22.0. The Morgan fingerprint density at radius 1 is 0.864 bits per heavy atom. The van der Waals surface area contributed by atoms with E-state index in [4.69, 9.17) is 9.68 Å². The smallest absolute Gasteiger partial charge is 0.155 e. The first-order valence-electron chi connectivity index (χ1n) is 6.57. The van der Waals surface area contributed by atoms with Gasteiger partial charge in [0.2, 0.25) is 0 Å². The van der Waals surface area contributed by atoms with Gasteiger partial charge in [-0.2, -0.15) is 0 Å². The van der Waals surface area contributed by atoms with E-state index in [-0.39, 0.29) is 24.1 Å². The van der Waals surface area contributed by atoms with Crippen molar-refractivity contribution in [1.82, 2.24) is 14.1 Å². The molecule has 1 fully saturated rings. The molecule has 6 nitrogen and oxygen atoms in total. The van der Waals surface area contributed by atoms with E-state index in [2.05, 4.69) is 4.86 Å². The summed E-state index contributed by atoms with van der Waals surface area (Å²) in [7, 11) is -0.558. The Bertz CT molecular complexity index is 529. The zero-order chi connectivity index (χ0) is 15.2. The quantitative estimate of drug-likeness (QED) is 0.802. The summed E-state index contributed by atoms with van der Waals surface area (Å²) in [6.07, 6.45) is -0.0311. The number of aliphatic hydroxyl groups excluding tert-OH is 1. The van der Waals surface area contributed by atoms with E-state index in [1.807, 2.05) is 60.7 Å². The van der Waals surface area contributed by atoms with Crippen molar-refractivity contribution in [2.75, 3.05) is 6.35 Å². The van der Waals surface area contributed by atoms with Crippen molar-refractivity contribution in [3.63, 3.8) is 0 Å². The highest BCUT2D eigenvalue weighted by Gasteiger charge is 2.33. The second-order valence-electron chi connectivity index (χ2n) is 4.22. The molecule has 3 rings (SSSR count). The van der Waals surface area contributed by atoms with Gasteiger partial charge in [-0.1, -0.05) is 45.6 Å². The second kappa shape index (κ2) is 8.14. The van der Waals surface area contributed by atoms with E-state index < -0.39 is 8.22 Å². The molecule has 116 valence electrons. The van der Waals surface area contributed by atoms with Gasteiger partial charge in [-0.3, -0.25) is 0 Å². The minimum atomic E-state index is -1.10. The molecule has 0 aliphatic carbocycles. The van der Waals surface area contributed by atoms with Gasteiger partial charge in [-0.05, 0) is 24.3 Å². The van der Waals surface area contributed by atoms with Gasteiger partial charge < -0.3 is 14.8 Å². The molecule has 0 saturated carbocycles. The molecule has 2 aromatic rings. The molecular formula is C13H16N3O3P3. The van der Waals surface area contributed by atoms with Gasteiger partial charge in [-0.15, -0.1) is 0 Å². The molecule has 2 atom stereocenters. The third kappa shape index (κ3) is 4.13. The highest BCUT2D eigenvalue weighted by atomic mass is 31.2. The summed E-state index contributed by atoms with van der Waals surface area (Å²) < 4.78 is 3.51. The lowest BCUT2D eigenvalue weighted by Crippen LogP contribution is -2.31. The first kappa shape index (κ1) is 16.0. The predicted octanol–water partition coefficient (Wildman–Crippen LogP) is 3.46. The van der Waals surface area contributed by atoms with Crippen molar-refractivity contribution < 1.29 is 14.8 Å². The molecule has 2 N–H and O–H groups in total. The van der Waals surface area contributed by atoms with Crippen molar-refractivity contribution in [1.29, 1.82) is 0 Å². The van der Waals surface area contributed by atoms with E-state index in [0.717, 1.165) is 11.5 Å². The Hall–Kier alpha value is -0.830. The van der Waals surface area contributed by atoms with Crippen LogP contribution in [0, 0.1) is 0 Å². The molecule has 2 aromatic carbocycles. The van der Waals surface area contributed by atoms with Crippen LogP contribution in [0.25, 0.3) is 0 Å². The predicted molar refractivity (Wildman–Crippen MR) is 91.6 cm³/mol. The maximum atomic E-state index is 9.75. The lowest BCUT2D eigenvalue weighted by Gasteiger charge is -2.39. The van der Waals surface area contributed by atoms with E-state index in [0.29, 0.717) is 0 Å². The molecule has 0 spiro atoms. The maximum Gasteiger partial charge on any atom is 0.155 e. The van der Waals surface area contributed by atoms with E-state index in [1.54, 1.807) is 9.21 Å². The van der Waals surface area contributed by atoms with Crippen molar-refractivity contribution in [2.45, 2.75) is 0 Å². The van der Waals surface area contributed by atoms with Crippen LogP contribution in [0.3, 0.4) is 0 Å². The van der Waals surface area contributed by atoms with Gasteiger partial charge in [0.25, 0.3) is 0 Å². The highest BCUT2D eigenvalue weighted by Crippen LogP contribution is 2.58. The van der Waals surface area contributed by atoms with Crippen LogP contribution in [0.1, 0.15) is 0 Å². The fraction of sp³-hybridized carbons (Fsp3) is 0.0769. The third-order valence-corrected chi connectivity index (χ3v) is 7.42. The molecule has 0 aromatic heterocycles. The lowest BCUT2D eigenvalue weighted by atomic mass is 10.3. The zero-order valence-electron chi connectivity index (χ0n) is 11.6. The molecule has 1 aliphatic heterocycles. The molecule has 0 bridgehead atoms. The average molecular weight is 355 g/mol.